The lowest BCUT2D eigenvalue weighted by Crippen LogP contribution is -2.23. The number of nitrogens with zero attached hydrogens (tertiary/aromatic N) is 1. The lowest BCUT2D eigenvalue weighted by molar-refractivity contribution is -0.121. The second kappa shape index (κ2) is 7.20. The van der Waals surface area contributed by atoms with Crippen molar-refractivity contribution in [2.24, 2.45) is 0 Å². The lowest BCUT2D eigenvalue weighted by atomic mass is 10.1. The van der Waals surface area contributed by atoms with Crippen molar-refractivity contribution >= 4 is 5.91 Å². The van der Waals surface area contributed by atoms with E-state index in [1.807, 2.05) is 6.07 Å². The summed E-state index contributed by atoms with van der Waals surface area (Å²) in [6, 6.07) is 15.4. The molecule has 0 spiro atoms. The smallest absolute Gasteiger partial charge is 0.220 e. The molecule has 0 aromatic heterocycles. The summed E-state index contributed by atoms with van der Waals surface area (Å²) in [6.45, 7) is 0.386. The quantitative estimate of drug-likeness (QED) is 0.916. The summed E-state index contributed by atoms with van der Waals surface area (Å²) in [5.74, 6) is -0.386. The highest BCUT2D eigenvalue weighted by Gasteiger charge is 2.03. The molecule has 1 amide bonds. The Morgan fingerprint density at radius 2 is 1.90 bits per heavy atom. The van der Waals surface area contributed by atoms with Crippen LogP contribution in [0.25, 0.3) is 0 Å². The number of hydrogen-bond donors (Lipinski definition) is 1. The van der Waals surface area contributed by atoms with Gasteiger partial charge >= 0.3 is 0 Å². The summed E-state index contributed by atoms with van der Waals surface area (Å²) in [7, 11) is 0. The molecule has 0 heterocycles. The molecule has 2 aromatic carbocycles. The van der Waals surface area contributed by atoms with Crippen LogP contribution in [0.5, 0.6) is 0 Å². The minimum absolute atomic E-state index is 0.0957. The number of aryl methyl sites for hydroxylation is 1. The lowest BCUT2D eigenvalue weighted by Gasteiger charge is -2.06. The number of amides is 1. The molecule has 0 aliphatic heterocycles. The summed E-state index contributed by atoms with van der Waals surface area (Å²) < 4.78 is 13.0. The van der Waals surface area contributed by atoms with E-state index in [2.05, 4.69) is 11.4 Å². The molecular formula is C17H15FN2O. The number of halogens is 1. The van der Waals surface area contributed by atoms with Gasteiger partial charge in [-0.1, -0.05) is 24.3 Å². The van der Waals surface area contributed by atoms with Crippen molar-refractivity contribution in [2.45, 2.75) is 19.4 Å². The van der Waals surface area contributed by atoms with Crippen LogP contribution in [0.2, 0.25) is 0 Å². The van der Waals surface area contributed by atoms with E-state index in [1.54, 1.807) is 30.3 Å². The normalized spacial score (nSPS) is 9.90. The van der Waals surface area contributed by atoms with E-state index in [0.717, 1.165) is 11.1 Å². The SMILES string of the molecule is N#Cc1cccc(CNC(=O)CCc2cccc(F)c2)c1. The average molecular weight is 282 g/mol. The predicted octanol–water partition coefficient (Wildman–Crippen LogP) is 2.95. The number of nitrogens with one attached hydrogen (secondary N) is 1. The van der Waals surface area contributed by atoms with Crippen LogP contribution in [0.15, 0.2) is 48.5 Å². The molecule has 0 fully saturated rings. The standard InChI is InChI=1S/C17H15FN2O/c18-16-6-2-3-13(10-16)7-8-17(21)20-12-15-5-1-4-14(9-15)11-19/h1-6,9-10H,7-8,12H2,(H,20,21). The van der Waals surface area contributed by atoms with Gasteiger partial charge in [0.1, 0.15) is 5.82 Å². The zero-order valence-corrected chi connectivity index (χ0v) is 11.5. The van der Waals surface area contributed by atoms with Crippen LogP contribution in [-0.4, -0.2) is 5.91 Å². The van der Waals surface area contributed by atoms with Crippen molar-refractivity contribution in [3.05, 3.63) is 71.0 Å². The van der Waals surface area contributed by atoms with Crippen molar-refractivity contribution in [3.8, 4) is 6.07 Å². The largest absolute Gasteiger partial charge is 0.352 e. The van der Waals surface area contributed by atoms with Crippen LogP contribution in [0.1, 0.15) is 23.1 Å². The zero-order valence-electron chi connectivity index (χ0n) is 11.5. The zero-order chi connectivity index (χ0) is 15.1. The van der Waals surface area contributed by atoms with Gasteiger partial charge in [-0.2, -0.15) is 5.26 Å². The topological polar surface area (TPSA) is 52.9 Å². The summed E-state index contributed by atoms with van der Waals surface area (Å²) >= 11 is 0. The maximum Gasteiger partial charge on any atom is 0.220 e. The Morgan fingerprint density at radius 3 is 2.67 bits per heavy atom. The number of hydrogen-bond acceptors (Lipinski definition) is 2. The van der Waals surface area contributed by atoms with Crippen molar-refractivity contribution in [1.82, 2.24) is 5.32 Å². The Labute approximate surface area is 123 Å². The van der Waals surface area contributed by atoms with Gasteiger partial charge in [0.25, 0.3) is 0 Å². The van der Waals surface area contributed by atoms with Gasteiger partial charge < -0.3 is 5.32 Å². The summed E-state index contributed by atoms with van der Waals surface area (Å²) in [6.07, 6.45) is 0.809. The Morgan fingerprint density at radius 1 is 1.14 bits per heavy atom. The monoisotopic (exact) mass is 282 g/mol. The number of nitriles is 1. The molecule has 0 unspecified atom stereocenters. The fourth-order valence-electron chi connectivity index (χ4n) is 1.99. The van der Waals surface area contributed by atoms with Crippen molar-refractivity contribution < 1.29 is 9.18 Å². The number of rotatable bonds is 5. The summed E-state index contributed by atoms with van der Waals surface area (Å²) in [5.41, 5.74) is 2.26. The fraction of sp³-hybridized carbons (Fsp3) is 0.176. The molecule has 0 aliphatic rings. The average Bonchev–Trinajstić information content (AvgIpc) is 2.51. The Hall–Kier alpha value is -2.67. The van der Waals surface area contributed by atoms with E-state index in [0.29, 0.717) is 24.9 Å². The first-order valence-corrected chi connectivity index (χ1v) is 6.67. The van der Waals surface area contributed by atoms with Crippen LogP contribution < -0.4 is 5.32 Å². The summed E-state index contributed by atoms with van der Waals surface area (Å²) in [4.78, 5) is 11.8. The molecule has 0 saturated heterocycles. The predicted molar refractivity (Wildman–Crippen MR) is 77.7 cm³/mol. The molecule has 1 N–H and O–H groups in total. The third-order valence-corrected chi connectivity index (χ3v) is 3.08. The first-order chi connectivity index (χ1) is 10.2. The molecule has 3 nitrogen and oxygen atoms in total. The van der Waals surface area contributed by atoms with Crippen molar-refractivity contribution in [2.75, 3.05) is 0 Å². The van der Waals surface area contributed by atoms with E-state index in [1.165, 1.54) is 12.1 Å². The second-order valence-corrected chi connectivity index (χ2v) is 4.72. The van der Waals surface area contributed by atoms with Gasteiger partial charge in [0, 0.05) is 13.0 Å². The second-order valence-electron chi connectivity index (χ2n) is 4.72. The highest BCUT2D eigenvalue weighted by molar-refractivity contribution is 5.76. The van der Waals surface area contributed by atoms with Crippen LogP contribution in [0, 0.1) is 17.1 Å². The highest BCUT2D eigenvalue weighted by atomic mass is 19.1. The molecule has 106 valence electrons. The fourth-order valence-corrected chi connectivity index (χ4v) is 1.99. The molecule has 0 radical (unpaired) electrons. The summed E-state index contributed by atoms with van der Waals surface area (Å²) in [5, 5.41) is 11.6. The first-order valence-electron chi connectivity index (χ1n) is 6.67. The van der Waals surface area contributed by atoms with Crippen LogP contribution >= 0.6 is 0 Å². The van der Waals surface area contributed by atoms with Gasteiger partial charge in [-0.3, -0.25) is 4.79 Å². The molecule has 0 atom stereocenters. The number of carbonyl (C=O) groups is 1. The molecule has 21 heavy (non-hydrogen) atoms. The van der Waals surface area contributed by atoms with Crippen LogP contribution in [0.3, 0.4) is 0 Å². The first kappa shape index (κ1) is 14.7. The third kappa shape index (κ3) is 4.73. The van der Waals surface area contributed by atoms with E-state index in [4.69, 9.17) is 5.26 Å². The molecule has 0 saturated carbocycles. The van der Waals surface area contributed by atoms with E-state index in [9.17, 15) is 9.18 Å². The minimum Gasteiger partial charge on any atom is -0.352 e. The van der Waals surface area contributed by atoms with Gasteiger partial charge in [-0.15, -0.1) is 0 Å². The Bertz CT molecular complexity index is 676. The molecule has 2 aromatic rings. The van der Waals surface area contributed by atoms with Gasteiger partial charge in [0.15, 0.2) is 0 Å². The van der Waals surface area contributed by atoms with Gasteiger partial charge in [0.2, 0.25) is 5.91 Å². The maximum absolute atomic E-state index is 13.0. The van der Waals surface area contributed by atoms with Crippen LogP contribution in [-0.2, 0) is 17.8 Å². The van der Waals surface area contributed by atoms with Gasteiger partial charge in [0.05, 0.1) is 11.6 Å². The maximum atomic E-state index is 13.0. The van der Waals surface area contributed by atoms with E-state index >= 15 is 0 Å². The van der Waals surface area contributed by atoms with Gasteiger partial charge in [-0.25, -0.2) is 4.39 Å². The number of benzene rings is 2. The Balaban J connectivity index is 1.81. The molecule has 0 bridgehead atoms. The molecule has 0 aliphatic carbocycles. The van der Waals surface area contributed by atoms with Crippen molar-refractivity contribution in [1.29, 1.82) is 5.26 Å². The number of carbonyl (C=O) groups excluding carboxylic acids is 1. The minimum atomic E-state index is -0.291. The molecule has 4 heteroatoms. The molecule has 2 rings (SSSR count). The molecular weight excluding hydrogens is 267 g/mol. The van der Waals surface area contributed by atoms with Crippen molar-refractivity contribution in [3.63, 3.8) is 0 Å². The van der Waals surface area contributed by atoms with Crippen LogP contribution in [0.4, 0.5) is 4.39 Å². The Kier molecular flexibility index (Phi) is 5.05. The third-order valence-electron chi connectivity index (χ3n) is 3.08. The van der Waals surface area contributed by atoms with E-state index < -0.39 is 0 Å². The van der Waals surface area contributed by atoms with Gasteiger partial charge in [-0.05, 0) is 41.8 Å². The highest BCUT2D eigenvalue weighted by Crippen LogP contribution is 2.07. The van der Waals surface area contributed by atoms with E-state index in [-0.39, 0.29) is 11.7 Å².